The van der Waals surface area contributed by atoms with Crippen LogP contribution in [-0.4, -0.2) is 16.9 Å². The number of carbonyl (C=O) groups excluding carboxylic acids is 1. The van der Waals surface area contributed by atoms with Crippen LogP contribution in [0.5, 0.6) is 0 Å². The summed E-state index contributed by atoms with van der Waals surface area (Å²) in [4.78, 5) is 22.7. The third-order valence-corrected chi connectivity index (χ3v) is 5.86. The van der Waals surface area contributed by atoms with Gasteiger partial charge in [0.2, 0.25) is 0 Å². The van der Waals surface area contributed by atoms with E-state index in [4.69, 9.17) is 5.11 Å². The Balaban J connectivity index is 1.47. The molecule has 0 spiro atoms. The van der Waals surface area contributed by atoms with Crippen LogP contribution < -0.4 is 0 Å². The molecular formula is C28H30O3. The lowest BCUT2D eigenvalue weighted by atomic mass is 9.90. The molecule has 1 aliphatic carbocycles. The molecule has 1 unspecified atom stereocenters. The Morgan fingerprint density at radius 1 is 1.06 bits per heavy atom. The van der Waals surface area contributed by atoms with Gasteiger partial charge in [0, 0.05) is 30.8 Å². The second kappa shape index (κ2) is 11.9. The lowest BCUT2D eigenvalue weighted by molar-refractivity contribution is -0.131. The summed E-state index contributed by atoms with van der Waals surface area (Å²) in [5, 5.41) is 8.61. The van der Waals surface area contributed by atoms with Crippen LogP contribution in [0.2, 0.25) is 0 Å². The Morgan fingerprint density at radius 2 is 1.87 bits per heavy atom. The van der Waals surface area contributed by atoms with E-state index in [0.29, 0.717) is 12.2 Å². The highest BCUT2D eigenvalue weighted by Gasteiger charge is 2.32. The molecule has 1 N–H and O–H groups in total. The average molecular weight is 415 g/mol. The monoisotopic (exact) mass is 414 g/mol. The number of aryl methyl sites for hydroxylation is 1. The number of rotatable bonds is 9. The first kappa shape index (κ1) is 22.6. The standard InChI is InChI=1S/C28H30O3/c29-27-20-19-24(26(27)17-6-1-2-7-18-28(30)31)15-9-8-11-22-12-10-16-25(21-22)23-13-4-3-5-14-23/h3-5,7,10,12-14,16,18,21,24,26H,1-2,6,8,11,17,19-20H2,(H,30,31)/b18-7+/t24?,26-/m1/s1. The van der Waals surface area contributed by atoms with E-state index >= 15 is 0 Å². The molecule has 160 valence electrons. The Hall–Kier alpha value is -3.12. The fraction of sp³-hybridized carbons (Fsp3) is 0.357. The molecule has 3 nitrogen and oxygen atoms in total. The molecule has 0 amide bonds. The first-order valence-electron chi connectivity index (χ1n) is 11.2. The molecule has 1 aliphatic rings. The van der Waals surface area contributed by atoms with E-state index in [9.17, 15) is 9.59 Å². The van der Waals surface area contributed by atoms with Crippen molar-refractivity contribution in [2.45, 2.75) is 51.4 Å². The van der Waals surface area contributed by atoms with Gasteiger partial charge in [0.25, 0.3) is 0 Å². The number of carbonyl (C=O) groups is 2. The Labute approximate surface area is 185 Å². The molecule has 0 aromatic heterocycles. The summed E-state index contributed by atoms with van der Waals surface area (Å²) in [7, 11) is 0. The number of carboxylic acids is 1. The lowest BCUT2D eigenvalue weighted by Gasteiger charge is -2.12. The summed E-state index contributed by atoms with van der Waals surface area (Å²) in [5.74, 6) is 6.38. The van der Waals surface area contributed by atoms with Crippen molar-refractivity contribution in [3.63, 3.8) is 0 Å². The number of unbranched alkanes of at least 4 members (excludes halogenated alkanes) is 2. The number of ketones is 1. The molecule has 0 bridgehead atoms. The van der Waals surface area contributed by atoms with Crippen LogP contribution in [0.25, 0.3) is 11.1 Å². The maximum Gasteiger partial charge on any atom is 0.327 e. The van der Waals surface area contributed by atoms with E-state index in [1.165, 1.54) is 22.8 Å². The Morgan fingerprint density at radius 3 is 2.68 bits per heavy atom. The van der Waals surface area contributed by atoms with Crippen LogP contribution in [0.1, 0.15) is 50.5 Å². The van der Waals surface area contributed by atoms with Crippen molar-refractivity contribution in [2.24, 2.45) is 11.8 Å². The summed E-state index contributed by atoms with van der Waals surface area (Å²) in [5.41, 5.74) is 3.73. The number of aliphatic carboxylic acids is 1. The van der Waals surface area contributed by atoms with Gasteiger partial charge >= 0.3 is 5.97 Å². The molecule has 31 heavy (non-hydrogen) atoms. The SMILES string of the molecule is O=C(O)/C=C/CCCC[C@H]1C(=O)CCC1C#CCCc1cccc(-c2ccccc2)c1. The second-order valence-electron chi connectivity index (χ2n) is 8.13. The van der Waals surface area contributed by atoms with Crippen molar-refractivity contribution in [3.8, 4) is 23.0 Å². The third kappa shape index (κ3) is 7.26. The van der Waals surface area contributed by atoms with Crippen LogP contribution in [0.4, 0.5) is 0 Å². The highest BCUT2D eigenvalue weighted by molar-refractivity contribution is 5.84. The van der Waals surface area contributed by atoms with E-state index in [1.807, 2.05) is 6.07 Å². The van der Waals surface area contributed by atoms with Crippen molar-refractivity contribution in [3.05, 3.63) is 72.3 Å². The number of benzene rings is 2. The van der Waals surface area contributed by atoms with Crippen molar-refractivity contribution >= 4 is 11.8 Å². The third-order valence-electron chi connectivity index (χ3n) is 5.86. The molecule has 2 atom stereocenters. The molecule has 3 rings (SSSR count). The van der Waals surface area contributed by atoms with Gasteiger partial charge in [-0.15, -0.1) is 5.92 Å². The smallest absolute Gasteiger partial charge is 0.327 e. The molecule has 3 heteroatoms. The molecule has 0 saturated heterocycles. The first-order chi connectivity index (χ1) is 15.1. The minimum Gasteiger partial charge on any atom is -0.478 e. The zero-order valence-electron chi connectivity index (χ0n) is 17.9. The van der Waals surface area contributed by atoms with Gasteiger partial charge in [-0.05, 0) is 48.8 Å². The summed E-state index contributed by atoms with van der Waals surface area (Å²) >= 11 is 0. The fourth-order valence-corrected chi connectivity index (χ4v) is 4.20. The maximum atomic E-state index is 12.3. The summed E-state index contributed by atoms with van der Waals surface area (Å²) in [6.45, 7) is 0. The summed E-state index contributed by atoms with van der Waals surface area (Å²) < 4.78 is 0. The maximum absolute atomic E-state index is 12.3. The van der Waals surface area contributed by atoms with Crippen molar-refractivity contribution in [2.75, 3.05) is 0 Å². The van der Waals surface area contributed by atoms with Gasteiger partial charge in [-0.1, -0.05) is 73.0 Å². The van der Waals surface area contributed by atoms with Crippen molar-refractivity contribution < 1.29 is 14.7 Å². The molecule has 2 aromatic carbocycles. The molecule has 0 radical (unpaired) electrons. The van der Waals surface area contributed by atoms with Gasteiger partial charge in [0.05, 0.1) is 0 Å². The molecular weight excluding hydrogens is 384 g/mol. The van der Waals surface area contributed by atoms with Crippen LogP contribution in [0.15, 0.2) is 66.7 Å². The summed E-state index contributed by atoms with van der Waals surface area (Å²) in [6, 6.07) is 19.0. The normalized spacial score (nSPS) is 18.1. The number of allylic oxidation sites excluding steroid dienone is 1. The number of hydrogen-bond acceptors (Lipinski definition) is 2. The quantitative estimate of drug-likeness (QED) is 0.307. The van der Waals surface area contributed by atoms with Gasteiger partial charge in [-0.2, -0.15) is 0 Å². The van der Waals surface area contributed by atoms with Crippen LogP contribution >= 0.6 is 0 Å². The van der Waals surface area contributed by atoms with E-state index < -0.39 is 5.97 Å². The zero-order valence-corrected chi connectivity index (χ0v) is 17.9. The van der Waals surface area contributed by atoms with E-state index in [1.54, 1.807) is 6.08 Å². The molecule has 1 fully saturated rings. The van der Waals surface area contributed by atoms with E-state index in [0.717, 1.165) is 44.9 Å². The summed E-state index contributed by atoms with van der Waals surface area (Å²) in [6.07, 6.45) is 9.54. The highest BCUT2D eigenvalue weighted by Crippen LogP contribution is 2.32. The van der Waals surface area contributed by atoms with Gasteiger partial charge in [0.1, 0.15) is 5.78 Å². The second-order valence-corrected chi connectivity index (χ2v) is 8.13. The lowest BCUT2D eigenvalue weighted by Crippen LogP contribution is -2.13. The van der Waals surface area contributed by atoms with E-state index in [2.05, 4.69) is 60.4 Å². The van der Waals surface area contributed by atoms with Crippen molar-refractivity contribution in [1.82, 2.24) is 0 Å². The zero-order chi connectivity index (χ0) is 21.9. The minimum absolute atomic E-state index is 0.0531. The van der Waals surface area contributed by atoms with Gasteiger partial charge in [-0.25, -0.2) is 4.79 Å². The molecule has 2 aromatic rings. The van der Waals surface area contributed by atoms with Gasteiger partial charge < -0.3 is 5.11 Å². The molecule has 0 heterocycles. The fourth-order valence-electron chi connectivity index (χ4n) is 4.20. The predicted octanol–water partition coefficient (Wildman–Crippen LogP) is 6.09. The minimum atomic E-state index is -0.909. The highest BCUT2D eigenvalue weighted by atomic mass is 16.4. The largest absolute Gasteiger partial charge is 0.478 e. The first-order valence-corrected chi connectivity index (χ1v) is 11.2. The molecule has 1 saturated carbocycles. The predicted molar refractivity (Wildman–Crippen MR) is 124 cm³/mol. The number of Topliss-reactive ketones (excluding diaryl/α,β-unsaturated/α-hetero) is 1. The Kier molecular flexibility index (Phi) is 8.67. The topological polar surface area (TPSA) is 54.4 Å². The average Bonchev–Trinajstić information content (AvgIpc) is 3.13. The number of carboxylic acid groups (broad SMARTS) is 1. The number of hydrogen-bond donors (Lipinski definition) is 1. The van der Waals surface area contributed by atoms with Gasteiger partial charge in [0.15, 0.2) is 0 Å². The van der Waals surface area contributed by atoms with Gasteiger partial charge in [-0.3, -0.25) is 4.79 Å². The van der Waals surface area contributed by atoms with Crippen LogP contribution in [0, 0.1) is 23.7 Å². The van der Waals surface area contributed by atoms with E-state index in [-0.39, 0.29) is 11.8 Å². The Bertz CT molecular complexity index is 962. The van der Waals surface area contributed by atoms with Crippen molar-refractivity contribution in [1.29, 1.82) is 0 Å². The van der Waals surface area contributed by atoms with Crippen LogP contribution in [-0.2, 0) is 16.0 Å². The molecule has 0 aliphatic heterocycles. The van der Waals surface area contributed by atoms with Crippen LogP contribution in [0.3, 0.4) is 0 Å².